The molecule has 0 aliphatic heterocycles. The molecular formula is C34H50FN2O9P. The second kappa shape index (κ2) is 13.7. The number of Topliss-reactive ketones (excluding diaryl/α,β-unsaturated/α-hetero) is 1. The van der Waals surface area contributed by atoms with Gasteiger partial charge in [0.05, 0.1) is 12.2 Å². The number of aliphatic hydroxyl groups excluding tert-OH is 1. The highest BCUT2D eigenvalue weighted by Gasteiger charge is 2.75. The molecule has 0 spiro atoms. The fourth-order valence-corrected chi connectivity index (χ4v) is 10.1. The van der Waals surface area contributed by atoms with Crippen LogP contribution in [-0.4, -0.2) is 82.4 Å². The van der Waals surface area contributed by atoms with Crippen molar-refractivity contribution >= 4 is 25.2 Å². The number of allylic oxidation sites excluding steroid dienone is 5. The van der Waals surface area contributed by atoms with Crippen molar-refractivity contribution in [3.05, 3.63) is 36.0 Å². The SMILES string of the molecule is C[C@@H]1C[C@H]2[C@@H]3CCC4=CC(=O)C=C[C@]4(C)[C@@]3(F)[C@@H](O)C[C@]2(C)[C@@]1(O)C(=O)COP(=O)(O)NCCNC(=O)COC1/C=C\CCCCC1. The third-order valence-corrected chi connectivity index (χ3v) is 13.0. The van der Waals surface area contributed by atoms with Gasteiger partial charge in [0.15, 0.2) is 17.2 Å². The summed E-state index contributed by atoms with van der Waals surface area (Å²) in [7, 11) is -4.50. The van der Waals surface area contributed by atoms with Crippen LogP contribution in [-0.2, 0) is 28.2 Å². The third-order valence-electron chi connectivity index (χ3n) is 11.9. The maximum atomic E-state index is 17.3. The molecule has 0 saturated heterocycles. The van der Waals surface area contributed by atoms with Crippen LogP contribution in [0.25, 0.3) is 0 Å². The van der Waals surface area contributed by atoms with Crippen LogP contribution in [0.4, 0.5) is 4.39 Å². The molecule has 13 heteroatoms. The zero-order chi connectivity index (χ0) is 34.3. The monoisotopic (exact) mass is 680 g/mol. The topological polar surface area (TPSA) is 171 Å². The van der Waals surface area contributed by atoms with E-state index in [1.54, 1.807) is 26.8 Å². The van der Waals surface area contributed by atoms with Crippen LogP contribution in [0, 0.1) is 28.6 Å². The Hall–Kier alpha value is -2.05. The molecule has 10 atom stereocenters. The predicted molar refractivity (Wildman–Crippen MR) is 172 cm³/mol. The largest absolute Gasteiger partial charge is 0.403 e. The Bertz CT molecular complexity index is 1390. The molecule has 0 aromatic rings. The van der Waals surface area contributed by atoms with E-state index in [-0.39, 0.29) is 43.9 Å². The van der Waals surface area contributed by atoms with Gasteiger partial charge in [0.2, 0.25) is 5.91 Å². The molecule has 2 unspecified atom stereocenters. The number of nitrogens with one attached hydrogen (secondary N) is 2. The Labute approximate surface area is 276 Å². The molecule has 11 nitrogen and oxygen atoms in total. The molecule has 3 fully saturated rings. The Balaban J connectivity index is 1.16. The number of ketones is 2. The van der Waals surface area contributed by atoms with Gasteiger partial charge in [-0.25, -0.2) is 14.0 Å². The van der Waals surface area contributed by atoms with Crippen molar-refractivity contribution in [2.75, 3.05) is 26.3 Å². The lowest BCUT2D eigenvalue weighted by Gasteiger charge is -2.62. The van der Waals surface area contributed by atoms with Gasteiger partial charge in [-0.05, 0) is 75.9 Å². The molecule has 47 heavy (non-hydrogen) atoms. The number of aliphatic hydroxyl groups is 2. The highest BCUT2D eigenvalue weighted by molar-refractivity contribution is 7.50. The number of hydrogen-bond acceptors (Lipinski definition) is 8. The van der Waals surface area contributed by atoms with Crippen molar-refractivity contribution < 1.29 is 47.7 Å². The van der Waals surface area contributed by atoms with Gasteiger partial charge in [-0.3, -0.25) is 18.9 Å². The maximum Gasteiger partial charge on any atom is 0.403 e. The van der Waals surface area contributed by atoms with Gasteiger partial charge in [0.1, 0.15) is 18.8 Å². The molecule has 5 rings (SSSR count). The summed E-state index contributed by atoms with van der Waals surface area (Å²) in [6, 6.07) is 0. The van der Waals surface area contributed by atoms with Gasteiger partial charge in [-0.2, -0.15) is 0 Å². The first kappa shape index (κ1) is 36.2. The average molecular weight is 681 g/mol. The van der Waals surface area contributed by atoms with E-state index in [4.69, 9.17) is 9.26 Å². The van der Waals surface area contributed by atoms with Crippen molar-refractivity contribution in [1.82, 2.24) is 10.4 Å². The molecule has 5 aliphatic rings. The fourth-order valence-electron chi connectivity index (χ4n) is 9.34. The smallest absolute Gasteiger partial charge is 0.390 e. The number of carbonyl (C=O) groups is 3. The summed E-state index contributed by atoms with van der Waals surface area (Å²) in [5.41, 5.74) is -5.95. The summed E-state index contributed by atoms with van der Waals surface area (Å²) in [6.45, 7) is 3.95. The average Bonchev–Trinajstić information content (AvgIpc) is 3.20. The summed E-state index contributed by atoms with van der Waals surface area (Å²) in [4.78, 5) is 48.3. The summed E-state index contributed by atoms with van der Waals surface area (Å²) < 4.78 is 40.8. The fraction of sp³-hybridized carbons (Fsp3) is 0.735. The molecule has 3 saturated carbocycles. The van der Waals surface area contributed by atoms with E-state index in [1.165, 1.54) is 12.2 Å². The van der Waals surface area contributed by atoms with Gasteiger partial charge in [0.25, 0.3) is 0 Å². The molecule has 5 aliphatic carbocycles. The number of halogens is 1. The quantitative estimate of drug-likeness (QED) is 0.123. The highest BCUT2D eigenvalue weighted by Crippen LogP contribution is 2.70. The van der Waals surface area contributed by atoms with E-state index in [0.717, 1.165) is 32.1 Å². The lowest BCUT2D eigenvalue weighted by Crippen LogP contribution is -2.69. The van der Waals surface area contributed by atoms with Gasteiger partial charge in [-0.15, -0.1) is 0 Å². The number of rotatable bonds is 11. The van der Waals surface area contributed by atoms with E-state index in [2.05, 4.69) is 16.5 Å². The van der Waals surface area contributed by atoms with Crippen LogP contribution >= 0.6 is 7.75 Å². The van der Waals surface area contributed by atoms with Crippen LogP contribution in [0.3, 0.4) is 0 Å². The number of fused-ring (bicyclic) bond motifs is 5. The number of ether oxygens (including phenoxy) is 1. The van der Waals surface area contributed by atoms with E-state index in [0.29, 0.717) is 24.8 Å². The summed E-state index contributed by atoms with van der Waals surface area (Å²) in [5.74, 6) is -3.21. The van der Waals surface area contributed by atoms with Crippen molar-refractivity contribution in [3.8, 4) is 0 Å². The lowest BCUT2D eigenvalue weighted by molar-refractivity contribution is -0.219. The highest BCUT2D eigenvalue weighted by atomic mass is 31.2. The van der Waals surface area contributed by atoms with Crippen molar-refractivity contribution in [1.29, 1.82) is 0 Å². The summed E-state index contributed by atoms with van der Waals surface area (Å²) >= 11 is 0. The Kier molecular flexibility index (Phi) is 10.6. The predicted octanol–water partition coefficient (Wildman–Crippen LogP) is 3.63. The Morgan fingerprint density at radius 1 is 1.13 bits per heavy atom. The van der Waals surface area contributed by atoms with Crippen molar-refractivity contribution in [3.63, 3.8) is 0 Å². The first-order valence-corrected chi connectivity index (χ1v) is 18.5. The van der Waals surface area contributed by atoms with Crippen molar-refractivity contribution in [2.45, 2.75) is 102 Å². The van der Waals surface area contributed by atoms with Crippen LogP contribution in [0.15, 0.2) is 36.0 Å². The maximum absolute atomic E-state index is 17.3. The van der Waals surface area contributed by atoms with Crippen LogP contribution in [0.2, 0.25) is 0 Å². The van der Waals surface area contributed by atoms with Gasteiger partial charge < -0.3 is 25.2 Å². The van der Waals surface area contributed by atoms with E-state index < -0.39 is 66.1 Å². The number of hydrogen-bond donors (Lipinski definition) is 5. The van der Waals surface area contributed by atoms with Crippen molar-refractivity contribution in [2.24, 2.45) is 28.6 Å². The number of amides is 1. The van der Waals surface area contributed by atoms with Crippen LogP contribution in [0.5, 0.6) is 0 Å². The third kappa shape index (κ3) is 6.52. The molecule has 0 aromatic heterocycles. The first-order chi connectivity index (χ1) is 22.1. The number of alkyl halides is 1. The standard InChI is InChI=1S/C34H50FN2O9P/c1-22-17-27-26-12-11-23-18-24(38)13-14-31(23,2)33(26,35)28(39)19-32(27,3)34(22,42)29(40)20-46-47(43,44)37-16-15-36-30(41)21-45-25-9-7-5-4-6-8-10-25/h7,9,13-14,18,22,25-28,39,42H,4-6,8,10-12,15-17,19-21H2,1-3H3,(H,36,41)(H2,37,43,44)/b9-7-/t22-,25?,26+,27+,28+,31+,32+,33+,34+/m1/s1. The molecule has 0 bridgehead atoms. The van der Waals surface area contributed by atoms with Crippen LogP contribution < -0.4 is 10.4 Å². The van der Waals surface area contributed by atoms with E-state index in [1.807, 2.05) is 6.08 Å². The minimum absolute atomic E-state index is 0.00864. The minimum atomic E-state index is -4.50. The molecule has 262 valence electrons. The van der Waals surface area contributed by atoms with E-state index in [9.17, 15) is 34.1 Å². The molecule has 0 heterocycles. The first-order valence-electron chi connectivity index (χ1n) is 16.9. The Morgan fingerprint density at radius 2 is 1.89 bits per heavy atom. The second-order valence-electron chi connectivity index (χ2n) is 14.6. The Morgan fingerprint density at radius 3 is 2.66 bits per heavy atom. The minimum Gasteiger partial charge on any atom is -0.390 e. The molecular weight excluding hydrogens is 630 g/mol. The second-order valence-corrected chi connectivity index (χ2v) is 16.2. The van der Waals surface area contributed by atoms with Gasteiger partial charge >= 0.3 is 7.75 Å². The zero-order valence-corrected chi connectivity index (χ0v) is 28.5. The molecule has 0 aromatic carbocycles. The molecule has 5 N–H and O–H groups in total. The molecule has 1 amide bonds. The summed E-state index contributed by atoms with van der Waals surface area (Å²) in [6.07, 6.45) is 12.8. The van der Waals surface area contributed by atoms with E-state index >= 15 is 4.39 Å². The van der Waals surface area contributed by atoms with Gasteiger partial charge in [-0.1, -0.05) is 50.5 Å². The normalized spacial score (nSPS) is 41.7. The zero-order valence-electron chi connectivity index (χ0n) is 27.6. The summed E-state index contributed by atoms with van der Waals surface area (Å²) in [5, 5.41) is 28.5. The van der Waals surface area contributed by atoms with Gasteiger partial charge in [0, 0.05) is 29.8 Å². The lowest BCUT2D eigenvalue weighted by atomic mass is 9.44. The number of carbonyl (C=O) groups excluding carboxylic acids is 3. The molecule has 0 radical (unpaired) electrons. The van der Waals surface area contributed by atoms with Crippen LogP contribution in [0.1, 0.15) is 78.6 Å².